The fourth-order valence-electron chi connectivity index (χ4n) is 4.23. The Labute approximate surface area is 183 Å². The van der Waals surface area contributed by atoms with Crippen LogP contribution in [0.2, 0.25) is 0 Å². The molecule has 1 aliphatic heterocycles. The molecule has 9 heteroatoms. The molecule has 2 aromatic heterocycles. The van der Waals surface area contributed by atoms with Gasteiger partial charge in [-0.2, -0.15) is 0 Å². The monoisotopic (exact) mass is 432 g/mol. The van der Waals surface area contributed by atoms with E-state index >= 15 is 0 Å². The number of rotatable bonds is 4. The van der Waals surface area contributed by atoms with Gasteiger partial charge in [-0.3, -0.25) is 14.2 Å². The molecule has 9 nitrogen and oxygen atoms in total. The second-order valence-electron chi connectivity index (χ2n) is 8.00. The van der Waals surface area contributed by atoms with Crippen LogP contribution in [0.15, 0.2) is 47.5 Å². The van der Waals surface area contributed by atoms with Crippen molar-refractivity contribution in [3.63, 3.8) is 0 Å². The topological polar surface area (TPSA) is 107 Å². The number of imidazole rings is 1. The number of carbonyl (C=O) groups excluding carboxylic acids is 1. The van der Waals surface area contributed by atoms with Crippen molar-refractivity contribution < 1.29 is 9.90 Å². The summed E-state index contributed by atoms with van der Waals surface area (Å²) in [6.45, 7) is 4.64. The van der Waals surface area contributed by atoms with E-state index in [0.29, 0.717) is 42.6 Å². The van der Waals surface area contributed by atoms with Gasteiger partial charge in [0.25, 0.3) is 11.5 Å². The second kappa shape index (κ2) is 8.08. The third-order valence-corrected chi connectivity index (χ3v) is 5.93. The van der Waals surface area contributed by atoms with Gasteiger partial charge >= 0.3 is 0 Å². The molecule has 2 aromatic carbocycles. The molecule has 3 heterocycles. The maximum atomic E-state index is 13.0. The SMILES string of the molecule is Cc1nc2ccc(C(=O)N3CCN(c4ccc5c(=O)n(CCO)cnc5c4)CC3)cc2[nH]1. The normalized spacial score (nSPS) is 14.4. The summed E-state index contributed by atoms with van der Waals surface area (Å²) in [5, 5.41) is 9.62. The lowest BCUT2D eigenvalue weighted by molar-refractivity contribution is 0.0747. The highest BCUT2D eigenvalue weighted by atomic mass is 16.3. The Morgan fingerprint density at radius 3 is 2.69 bits per heavy atom. The average Bonchev–Trinajstić information content (AvgIpc) is 3.19. The first kappa shape index (κ1) is 20.2. The fourth-order valence-corrected chi connectivity index (χ4v) is 4.23. The summed E-state index contributed by atoms with van der Waals surface area (Å²) in [7, 11) is 0. The summed E-state index contributed by atoms with van der Waals surface area (Å²) >= 11 is 0. The quantitative estimate of drug-likeness (QED) is 0.507. The van der Waals surface area contributed by atoms with Crippen LogP contribution in [0.3, 0.4) is 0 Å². The minimum Gasteiger partial charge on any atom is -0.395 e. The van der Waals surface area contributed by atoms with Crippen molar-refractivity contribution >= 4 is 33.5 Å². The third kappa shape index (κ3) is 3.60. The minimum atomic E-state index is -0.157. The van der Waals surface area contributed by atoms with Gasteiger partial charge in [0, 0.05) is 37.4 Å². The van der Waals surface area contributed by atoms with Crippen molar-refractivity contribution in [2.75, 3.05) is 37.7 Å². The van der Waals surface area contributed by atoms with Crippen molar-refractivity contribution in [3.8, 4) is 0 Å². The highest BCUT2D eigenvalue weighted by Gasteiger charge is 2.23. The molecule has 2 N–H and O–H groups in total. The standard InChI is InChI=1S/C23H24N6O3/c1-15-25-19-5-2-16(12-21(19)26-15)22(31)28-8-6-27(7-9-28)17-3-4-18-20(13-17)24-14-29(10-11-30)23(18)32/h2-5,12-14,30H,6-11H2,1H3,(H,25,26). The number of piperazine rings is 1. The number of hydrogen-bond donors (Lipinski definition) is 2. The molecule has 0 spiro atoms. The second-order valence-corrected chi connectivity index (χ2v) is 8.00. The van der Waals surface area contributed by atoms with Crippen molar-refractivity contribution in [2.45, 2.75) is 13.5 Å². The largest absolute Gasteiger partial charge is 0.395 e. The number of nitrogens with one attached hydrogen (secondary N) is 1. The first-order chi connectivity index (χ1) is 15.5. The van der Waals surface area contributed by atoms with Crippen LogP contribution in [0.4, 0.5) is 5.69 Å². The van der Waals surface area contributed by atoms with Gasteiger partial charge in [0.05, 0.1) is 41.4 Å². The van der Waals surface area contributed by atoms with Crippen LogP contribution >= 0.6 is 0 Å². The van der Waals surface area contributed by atoms with E-state index in [1.54, 1.807) is 6.07 Å². The number of nitrogens with zero attached hydrogens (tertiary/aromatic N) is 5. The smallest absolute Gasteiger partial charge is 0.261 e. The zero-order valence-corrected chi connectivity index (χ0v) is 17.8. The first-order valence-electron chi connectivity index (χ1n) is 10.6. The van der Waals surface area contributed by atoms with E-state index in [9.17, 15) is 9.59 Å². The Bertz CT molecular complexity index is 1370. The molecule has 164 valence electrons. The van der Waals surface area contributed by atoms with Gasteiger partial charge in [0.1, 0.15) is 5.82 Å². The first-order valence-corrected chi connectivity index (χ1v) is 10.6. The van der Waals surface area contributed by atoms with E-state index < -0.39 is 0 Å². The molecule has 32 heavy (non-hydrogen) atoms. The molecule has 4 aromatic rings. The Hall–Kier alpha value is -3.72. The maximum Gasteiger partial charge on any atom is 0.261 e. The van der Waals surface area contributed by atoms with Gasteiger partial charge in [-0.05, 0) is 43.3 Å². The molecule has 1 amide bonds. The molecule has 1 fully saturated rings. The van der Waals surface area contributed by atoms with E-state index in [1.165, 1.54) is 10.9 Å². The lowest BCUT2D eigenvalue weighted by Crippen LogP contribution is -2.48. The molecule has 0 unspecified atom stereocenters. The van der Waals surface area contributed by atoms with Crippen molar-refractivity contribution in [2.24, 2.45) is 0 Å². The number of aryl methyl sites for hydroxylation is 1. The highest BCUT2D eigenvalue weighted by Crippen LogP contribution is 2.22. The highest BCUT2D eigenvalue weighted by molar-refractivity contribution is 5.97. The van der Waals surface area contributed by atoms with Crippen LogP contribution in [0.1, 0.15) is 16.2 Å². The number of benzene rings is 2. The number of carbonyl (C=O) groups is 1. The van der Waals surface area contributed by atoms with Gasteiger partial charge in [-0.1, -0.05) is 0 Å². The van der Waals surface area contributed by atoms with Crippen LogP contribution in [0, 0.1) is 6.92 Å². The number of aromatic amines is 1. The summed E-state index contributed by atoms with van der Waals surface area (Å²) < 4.78 is 1.41. The molecular formula is C23H24N6O3. The summed E-state index contributed by atoms with van der Waals surface area (Å²) in [6.07, 6.45) is 1.47. The Morgan fingerprint density at radius 2 is 1.91 bits per heavy atom. The Balaban J connectivity index is 1.30. The summed E-state index contributed by atoms with van der Waals surface area (Å²) in [5.74, 6) is 0.846. The van der Waals surface area contributed by atoms with Crippen LogP contribution in [0.25, 0.3) is 21.9 Å². The molecule has 0 saturated carbocycles. The van der Waals surface area contributed by atoms with Gasteiger partial charge in [-0.15, -0.1) is 0 Å². The van der Waals surface area contributed by atoms with Crippen LogP contribution in [-0.2, 0) is 6.54 Å². The maximum absolute atomic E-state index is 13.0. The Kier molecular flexibility index (Phi) is 5.10. The molecular weight excluding hydrogens is 408 g/mol. The molecule has 5 rings (SSSR count). The number of aromatic nitrogens is 4. The zero-order chi connectivity index (χ0) is 22.2. The molecule has 0 atom stereocenters. The van der Waals surface area contributed by atoms with Crippen LogP contribution in [0.5, 0.6) is 0 Å². The van der Waals surface area contributed by atoms with E-state index in [-0.39, 0.29) is 24.6 Å². The number of aliphatic hydroxyl groups excluding tert-OH is 1. The van der Waals surface area contributed by atoms with E-state index in [4.69, 9.17) is 5.11 Å². The van der Waals surface area contributed by atoms with Gasteiger partial charge in [0.2, 0.25) is 0 Å². The molecule has 1 aliphatic rings. The minimum absolute atomic E-state index is 0.0171. The lowest BCUT2D eigenvalue weighted by atomic mass is 10.1. The number of aliphatic hydroxyl groups is 1. The zero-order valence-electron chi connectivity index (χ0n) is 17.8. The van der Waals surface area contributed by atoms with E-state index in [1.807, 2.05) is 42.2 Å². The van der Waals surface area contributed by atoms with Gasteiger partial charge in [-0.25, -0.2) is 9.97 Å². The van der Waals surface area contributed by atoms with E-state index in [0.717, 1.165) is 22.5 Å². The predicted octanol–water partition coefficient (Wildman–Crippen LogP) is 1.54. The number of H-pyrrole nitrogens is 1. The lowest BCUT2D eigenvalue weighted by Gasteiger charge is -2.36. The summed E-state index contributed by atoms with van der Waals surface area (Å²) in [4.78, 5) is 41.5. The Morgan fingerprint density at radius 1 is 1.09 bits per heavy atom. The fraction of sp³-hybridized carbons (Fsp3) is 0.304. The third-order valence-electron chi connectivity index (χ3n) is 5.93. The predicted molar refractivity (Wildman–Crippen MR) is 122 cm³/mol. The van der Waals surface area contributed by atoms with Crippen molar-refractivity contribution in [1.29, 1.82) is 0 Å². The summed E-state index contributed by atoms with van der Waals surface area (Å²) in [6, 6.07) is 11.2. The van der Waals surface area contributed by atoms with Crippen LogP contribution in [-0.4, -0.2) is 68.2 Å². The van der Waals surface area contributed by atoms with Crippen LogP contribution < -0.4 is 10.5 Å². The van der Waals surface area contributed by atoms with Gasteiger partial charge < -0.3 is 19.9 Å². The average molecular weight is 432 g/mol. The molecule has 0 bridgehead atoms. The van der Waals surface area contributed by atoms with Gasteiger partial charge in [0.15, 0.2) is 0 Å². The summed E-state index contributed by atoms with van der Waals surface area (Å²) in [5.41, 5.74) is 3.83. The number of hydrogen-bond acceptors (Lipinski definition) is 6. The number of amides is 1. The molecule has 1 saturated heterocycles. The van der Waals surface area contributed by atoms with Crippen molar-refractivity contribution in [3.05, 3.63) is 64.5 Å². The molecule has 0 radical (unpaired) electrons. The number of anilines is 1. The number of fused-ring (bicyclic) bond motifs is 2. The molecule has 0 aliphatic carbocycles. The van der Waals surface area contributed by atoms with E-state index in [2.05, 4.69) is 19.9 Å². The van der Waals surface area contributed by atoms with Crippen molar-refractivity contribution in [1.82, 2.24) is 24.4 Å².